The highest BCUT2D eigenvalue weighted by Gasteiger charge is 2.27. The Balaban J connectivity index is 0.00000361. The third kappa shape index (κ3) is 5.02. The molecule has 5 heteroatoms. The van der Waals surface area contributed by atoms with Gasteiger partial charge in [0.05, 0.1) is 13.2 Å². The molecule has 1 aromatic rings. The van der Waals surface area contributed by atoms with Gasteiger partial charge in [-0.3, -0.25) is 4.79 Å². The molecule has 114 valence electrons. The number of carbonyl (C=O) groups excluding carboxylic acids is 1. The van der Waals surface area contributed by atoms with Crippen LogP contribution in [0.3, 0.4) is 0 Å². The lowest BCUT2D eigenvalue weighted by atomic mass is 9.87. The van der Waals surface area contributed by atoms with Crippen molar-refractivity contribution < 1.29 is 9.53 Å². The zero-order valence-corrected chi connectivity index (χ0v) is 13.6. The van der Waals surface area contributed by atoms with E-state index in [0.717, 1.165) is 16.9 Å². The van der Waals surface area contributed by atoms with E-state index in [2.05, 4.69) is 5.32 Å². The van der Waals surface area contributed by atoms with Gasteiger partial charge in [0.1, 0.15) is 5.75 Å². The number of halogens is 1. The molecule has 0 aromatic heterocycles. The second kappa shape index (κ2) is 7.50. The summed E-state index contributed by atoms with van der Waals surface area (Å²) < 4.78 is 5.26. The molecule has 0 spiro atoms. The Morgan fingerprint density at radius 1 is 1.40 bits per heavy atom. The molecule has 0 saturated heterocycles. The Bertz CT molecular complexity index is 456. The van der Waals surface area contributed by atoms with E-state index in [1.54, 1.807) is 7.11 Å². The summed E-state index contributed by atoms with van der Waals surface area (Å²) in [6.45, 7) is 8.29. The molecule has 1 aromatic carbocycles. The van der Waals surface area contributed by atoms with Crippen molar-refractivity contribution in [2.75, 3.05) is 7.11 Å². The van der Waals surface area contributed by atoms with E-state index in [9.17, 15) is 4.79 Å². The summed E-state index contributed by atoms with van der Waals surface area (Å²) in [6.07, 6.45) is 0. The summed E-state index contributed by atoms with van der Waals surface area (Å²) >= 11 is 0. The first-order valence-corrected chi connectivity index (χ1v) is 6.42. The molecule has 3 N–H and O–H groups in total. The maximum atomic E-state index is 11.9. The van der Waals surface area contributed by atoms with Gasteiger partial charge in [-0.15, -0.1) is 12.4 Å². The van der Waals surface area contributed by atoms with Crippen LogP contribution in [0.15, 0.2) is 18.2 Å². The number of nitrogens with one attached hydrogen (secondary N) is 1. The van der Waals surface area contributed by atoms with Crippen LogP contribution >= 0.6 is 12.4 Å². The van der Waals surface area contributed by atoms with Crippen molar-refractivity contribution in [3.63, 3.8) is 0 Å². The Morgan fingerprint density at radius 2 is 2.00 bits per heavy atom. The number of benzene rings is 1. The quantitative estimate of drug-likeness (QED) is 0.897. The van der Waals surface area contributed by atoms with Crippen molar-refractivity contribution in [2.24, 2.45) is 11.1 Å². The number of carbonyl (C=O) groups is 1. The van der Waals surface area contributed by atoms with Gasteiger partial charge < -0.3 is 15.8 Å². The van der Waals surface area contributed by atoms with Crippen molar-refractivity contribution in [1.82, 2.24) is 5.32 Å². The molecule has 1 rings (SSSR count). The maximum absolute atomic E-state index is 11.9. The van der Waals surface area contributed by atoms with Crippen molar-refractivity contribution >= 4 is 18.3 Å². The van der Waals surface area contributed by atoms with Crippen molar-refractivity contribution in [2.45, 2.75) is 40.3 Å². The van der Waals surface area contributed by atoms with Gasteiger partial charge in [0.25, 0.3) is 0 Å². The van der Waals surface area contributed by atoms with E-state index in [0.29, 0.717) is 6.54 Å². The van der Waals surface area contributed by atoms with Crippen LogP contribution in [-0.2, 0) is 11.3 Å². The van der Waals surface area contributed by atoms with E-state index in [1.165, 1.54) is 0 Å². The number of hydrogen-bond acceptors (Lipinski definition) is 3. The molecule has 0 saturated carbocycles. The highest BCUT2D eigenvalue weighted by Crippen LogP contribution is 2.20. The summed E-state index contributed by atoms with van der Waals surface area (Å²) in [4.78, 5) is 11.9. The minimum absolute atomic E-state index is 0. The van der Waals surface area contributed by atoms with Gasteiger partial charge in [-0.2, -0.15) is 0 Å². The fraction of sp³-hybridized carbons (Fsp3) is 0.533. The number of nitrogens with two attached hydrogens (primary N) is 1. The third-order valence-electron chi connectivity index (χ3n) is 3.15. The first-order chi connectivity index (χ1) is 8.75. The topological polar surface area (TPSA) is 64.3 Å². The van der Waals surface area contributed by atoms with Crippen molar-refractivity contribution in [1.29, 1.82) is 0 Å². The minimum atomic E-state index is -0.514. The van der Waals surface area contributed by atoms with E-state index in [-0.39, 0.29) is 23.7 Å². The zero-order valence-electron chi connectivity index (χ0n) is 12.8. The molecule has 0 heterocycles. The smallest absolute Gasteiger partial charge is 0.237 e. The SMILES string of the molecule is COc1cc(CNC(=O)[C@@H](N)C(C)(C)C)ccc1C.Cl. The molecule has 20 heavy (non-hydrogen) atoms. The lowest BCUT2D eigenvalue weighted by Crippen LogP contribution is -2.48. The van der Waals surface area contributed by atoms with Crippen LogP contribution in [-0.4, -0.2) is 19.1 Å². The monoisotopic (exact) mass is 300 g/mol. The van der Waals surface area contributed by atoms with Gasteiger partial charge >= 0.3 is 0 Å². The lowest BCUT2D eigenvalue weighted by Gasteiger charge is -2.25. The second-order valence-electron chi connectivity index (χ2n) is 5.87. The Hall–Kier alpha value is -1.26. The lowest BCUT2D eigenvalue weighted by molar-refractivity contribution is -0.124. The first-order valence-electron chi connectivity index (χ1n) is 6.42. The Morgan fingerprint density at radius 3 is 2.50 bits per heavy atom. The molecule has 1 atom stereocenters. The standard InChI is InChI=1S/C15H24N2O2.ClH/c1-10-6-7-11(8-12(10)19-5)9-17-14(18)13(16)15(2,3)4;/h6-8,13H,9,16H2,1-5H3,(H,17,18);1H/t13-;/m1./s1. The maximum Gasteiger partial charge on any atom is 0.237 e. The van der Waals surface area contributed by atoms with Gasteiger partial charge in [0.2, 0.25) is 5.91 Å². The highest BCUT2D eigenvalue weighted by atomic mass is 35.5. The molecule has 4 nitrogen and oxygen atoms in total. The van der Waals surface area contributed by atoms with Gasteiger partial charge in [0.15, 0.2) is 0 Å². The van der Waals surface area contributed by atoms with Crippen molar-refractivity contribution in [3.05, 3.63) is 29.3 Å². The molecular formula is C15H25ClN2O2. The molecule has 0 unspecified atom stereocenters. The van der Waals surface area contributed by atoms with Gasteiger partial charge in [-0.25, -0.2) is 0 Å². The van der Waals surface area contributed by atoms with Crippen LogP contribution in [0.1, 0.15) is 31.9 Å². The van der Waals surface area contributed by atoms with Crippen LogP contribution in [0.5, 0.6) is 5.75 Å². The number of hydrogen-bond donors (Lipinski definition) is 2. The fourth-order valence-electron chi connectivity index (χ4n) is 1.67. The number of aryl methyl sites for hydroxylation is 1. The van der Waals surface area contributed by atoms with Crippen LogP contribution in [0, 0.1) is 12.3 Å². The second-order valence-corrected chi connectivity index (χ2v) is 5.87. The molecule has 0 bridgehead atoms. The van der Waals surface area contributed by atoms with Crippen LogP contribution < -0.4 is 15.8 Å². The molecule has 0 radical (unpaired) electrons. The molecular weight excluding hydrogens is 276 g/mol. The Kier molecular flexibility index (Phi) is 7.03. The Labute approximate surface area is 127 Å². The van der Waals surface area contributed by atoms with Crippen molar-refractivity contribution in [3.8, 4) is 5.75 Å². The van der Waals surface area contributed by atoms with E-state index < -0.39 is 6.04 Å². The summed E-state index contributed by atoms with van der Waals surface area (Å²) in [6, 6.07) is 5.36. The number of ether oxygens (including phenoxy) is 1. The molecule has 0 aliphatic heterocycles. The van der Waals surface area contributed by atoms with Crippen LogP contribution in [0.2, 0.25) is 0 Å². The molecule has 0 aliphatic rings. The number of methoxy groups -OCH3 is 1. The third-order valence-corrected chi connectivity index (χ3v) is 3.15. The summed E-state index contributed by atoms with van der Waals surface area (Å²) in [7, 11) is 1.64. The average molecular weight is 301 g/mol. The highest BCUT2D eigenvalue weighted by molar-refractivity contribution is 5.85. The number of amides is 1. The summed E-state index contributed by atoms with van der Waals surface area (Å²) in [5.74, 6) is 0.693. The van der Waals surface area contributed by atoms with Gasteiger partial charge in [-0.05, 0) is 29.5 Å². The molecule has 1 amide bonds. The molecule has 0 aliphatic carbocycles. The predicted molar refractivity (Wildman–Crippen MR) is 84.3 cm³/mol. The van der Waals surface area contributed by atoms with Gasteiger partial charge in [-0.1, -0.05) is 32.9 Å². The van der Waals surface area contributed by atoms with Crippen LogP contribution in [0.25, 0.3) is 0 Å². The van der Waals surface area contributed by atoms with Crippen LogP contribution in [0.4, 0.5) is 0 Å². The number of rotatable bonds is 4. The van der Waals surface area contributed by atoms with Gasteiger partial charge in [0, 0.05) is 6.54 Å². The molecule has 0 fully saturated rings. The van der Waals surface area contributed by atoms with E-state index >= 15 is 0 Å². The average Bonchev–Trinajstić information content (AvgIpc) is 2.35. The zero-order chi connectivity index (χ0) is 14.6. The normalized spacial score (nSPS) is 12.3. The largest absolute Gasteiger partial charge is 0.496 e. The van der Waals surface area contributed by atoms with E-state index in [1.807, 2.05) is 45.9 Å². The fourth-order valence-corrected chi connectivity index (χ4v) is 1.67. The summed E-state index contributed by atoms with van der Waals surface area (Å²) in [5.41, 5.74) is 7.73. The van der Waals surface area contributed by atoms with E-state index in [4.69, 9.17) is 10.5 Å². The predicted octanol–water partition coefficient (Wildman–Crippen LogP) is 2.42. The first kappa shape index (κ1) is 18.7. The minimum Gasteiger partial charge on any atom is -0.496 e. The summed E-state index contributed by atoms with van der Waals surface area (Å²) in [5, 5.41) is 2.86.